The van der Waals surface area contributed by atoms with E-state index in [1.165, 1.54) is 10.5 Å². The second kappa shape index (κ2) is 15.1. The highest BCUT2D eigenvalue weighted by Gasteiger charge is 2.37. The van der Waals surface area contributed by atoms with Gasteiger partial charge in [0, 0.05) is 38.3 Å². The third-order valence-corrected chi connectivity index (χ3v) is 7.49. The Balaban J connectivity index is 0.00000552. The van der Waals surface area contributed by atoms with Crippen molar-refractivity contribution in [2.24, 2.45) is 0 Å². The summed E-state index contributed by atoms with van der Waals surface area (Å²) in [6.45, 7) is 2.44. The first-order valence-electron chi connectivity index (χ1n) is 14.3. The summed E-state index contributed by atoms with van der Waals surface area (Å²) >= 11 is 0. The standard InChI is InChI=1S/C29H34F6N6O3.ClH/c1-2-39(9-4-3-8-26(43)44)25-15-21-7-5-6-20(21)14-22(25)18-40(27-36-38-41(37-27)10-11-42)17-19-12-23(28(30,31)32)16-24(13-19)29(33,34)35;/h12-16,42H,2-11,17-18H2,1H3,(H,43,44);1H. The zero-order valence-corrected chi connectivity index (χ0v) is 25.4. The molecule has 0 atom stereocenters. The summed E-state index contributed by atoms with van der Waals surface area (Å²) in [6.07, 6.45) is -6.21. The van der Waals surface area contributed by atoms with Gasteiger partial charge >= 0.3 is 18.3 Å². The maximum absolute atomic E-state index is 13.6. The van der Waals surface area contributed by atoms with E-state index < -0.39 is 29.4 Å². The number of unbranched alkanes of at least 4 members (excludes halogenated alkanes) is 1. The van der Waals surface area contributed by atoms with E-state index in [2.05, 4.69) is 26.4 Å². The lowest BCUT2D eigenvalue weighted by molar-refractivity contribution is -0.143. The van der Waals surface area contributed by atoms with E-state index in [4.69, 9.17) is 5.11 Å². The first kappa shape index (κ1) is 35.9. The van der Waals surface area contributed by atoms with Gasteiger partial charge in [-0.15, -0.1) is 17.5 Å². The van der Waals surface area contributed by atoms with E-state index in [-0.39, 0.29) is 62.6 Å². The number of carbonyl (C=O) groups is 1. The molecule has 0 unspecified atom stereocenters. The van der Waals surface area contributed by atoms with Crippen molar-refractivity contribution in [3.05, 3.63) is 63.7 Å². The topological polar surface area (TPSA) is 108 Å². The molecule has 16 heteroatoms. The molecule has 0 amide bonds. The minimum Gasteiger partial charge on any atom is -0.481 e. The number of halogens is 7. The number of hydrogen-bond acceptors (Lipinski definition) is 7. The molecule has 0 fully saturated rings. The van der Waals surface area contributed by atoms with Gasteiger partial charge in [-0.2, -0.15) is 31.1 Å². The van der Waals surface area contributed by atoms with Gasteiger partial charge in [0.15, 0.2) is 0 Å². The summed E-state index contributed by atoms with van der Waals surface area (Å²) in [5, 5.41) is 30.4. The lowest BCUT2D eigenvalue weighted by Gasteiger charge is -2.29. The van der Waals surface area contributed by atoms with Crippen LogP contribution in [0.25, 0.3) is 0 Å². The van der Waals surface area contributed by atoms with Crippen LogP contribution in [-0.4, -0.2) is 56.1 Å². The van der Waals surface area contributed by atoms with Crippen molar-refractivity contribution in [3.63, 3.8) is 0 Å². The van der Waals surface area contributed by atoms with Crippen molar-refractivity contribution >= 4 is 30.0 Å². The summed E-state index contributed by atoms with van der Waals surface area (Å²) in [4.78, 5) is 15.6. The highest BCUT2D eigenvalue weighted by Crippen LogP contribution is 2.37. The third-order valence-electron chi connectivity index (χ3n) is 7.49. The molecule has 0 saturated carbocycles. The molecule has 248 valence electrons. The van der Waals surface area contributed by atoms with E-state index in [0.717, 1.165) is 40.9 Å². The Morgan fingerprint density at radius 2 is 1.58 bits per heavy atom. The van der Waals surface area contributed by atoms with Gasteiger partial charge in [0.25, 0.3) is 5.95 Å². The van der Waals surface area contributed by atoms with E-state index in [0.29, 0.717) is 38.1 Å². The molecule has 0 radical (unpaired) electrons. The number of hydrogen-bond donors (Lipinski definition) is 2. The van der Waals surface area contributed by atoms with Gasteiger partial charge in [-0.25, -0.2) is 0 Å². The Bertz CT molecular complexity index is 1420. The number of aliphatic hydroxyl groups excluding tert-OH is 1. The summed E-state index contributed by atoms with van der Waals surface area (Å²) in [5.41, 5.74) is 0.810. The third kappa shape index (κ3) is 9.45. The smallest absolute Gasteiger partial charge is 0.416 e. The van der Waals surface area contributed by atoms with E-state index in [9.17, 15) is 36.2 Å². The molecular formula is C29H35ClF6N6O3. The van der Waals surface area contributed by atoms with Crippen LogP contribution in [0.5, 0.6) is 0 Å². The number of aryl methyl sites for hydroxylation is 2. The van der Waals surface area contributed by atoms with Crippen molar-refractivity contribution in [1.29, 1.82) is 0 Å². The monoisotopic (exact) mass is 664 g/mol. The zero-order valence-electron chi connectivity index (χ0n) is 24.5. The van der Waals surface area contributed by atoms with Crippen LogP contribution in [0.15, 0.2) is 30.3 Å². The van der Waals surface area contributed by atoms with Crippen LogP contribution in [0.4, 0.5) is 38.0 Å². The summed E-state index contributed by atoms with van der Waals surface area (Å²) in [6, 6.07) is 5.54. The Morgan fingerprint density at radius 3 is 2.16 bits per heavy atom. The van der Waals surface area contributed by atoms with Gasteiger partial charge in [0.1, 0.15) is 0 Å². The maximum Gasteiger partial charge on any atom is 0.416 e. The lowest BCUT2D eigenvalue weighted by atomic mass is 10.0. The van der Waals surface area contributed by atoms with Crippen molar-refractivity contribution in [2.45, 2.75) is 77.4 Å². The van der Waals surface area contributed by atoms with Crippen LogP contribution in [0.3, 0.4) is 0 Å². The number of alkyl halides is 6. The van der Waals surface area contributed by atoms with Crippen LogP contribution in [0, 0.1) is 0 Å². The fraction of sp³-hybridized carbons (Fsp3) is 0.517. The van der Waals surface area contributed by atoms with Crippen LogP contribution < -0.4 is 9.80 Å². The molecule has 4 rings (SSSR count). The molecule has 0 aliphatic heterocycles. The number of anilines is 2. The number of carboxylic acids is 1. The normalized spacial score (nSPS) is 13.0. The number of nitrogens with zero attached hydrogens (tertiary/aromatic N) is 6. The number of tetrazole rings is 1. The van der Waals surface area contributed by atoms with Crippen molar-refractivity contribution in [2.75, 3.05) is 29.5 Å². The fourth-order valence-electron chi connectivity index (χ4n) is 5.39. The average molecular weight is 665 g/mol. The Labute approximate surface area is 262 Å². The second-order valence-corrected chi connectivity index (χ2v) is 10.7. The molecule has 0 spiro atoms. The summed E-state index contributed by atoms with van der Waals surface area (Å²) < 4.78 is 81.8. The fourth-order valence-corrected chi connectivity index (χ4v) is 5.39. The number of rotatable bonds is 14. The van der Waals surface area contributed by atoms with Gasteiger partial charge in [0.05, 0.1) is 24.3 Å². The van der Waals surface area contributed by atoms with Gasteiger partial charge < -0.3 is 20.0 Å². The average Bonchev–Trinajstić information content (AvgIpc) is 3.61. The number of aliphatic hydroxyl groups is 1. The summed E-state index contributed by atoms with van der Waals surface area (Å²) in [7, 11) is 0. The van der Waals surface area contributed by atoms with Crippen LogP contribution >= 0.6 is 12.4 Å². The highest BCUT2D eigenvalue weighted by molar-refractivity contribution is 5.85. The summed E-state index contributed by atoms with van der Waals surface area (Å²) in [5.74, 6) is -0.910. The highest BCUT2D eigenvalue weighted by atomic mass is 35.5. The molecule has 2 N–H and O–H groups in total. The van der Waals surface area contributed by atoms with Gasteiger partial charge in [-0.3, -0.25) is 4.79 Å². The minimum absolute atomic E-state index is 0. The first-order chi connectivity index (χ1) is 20.8. The van der Waals surface area contributed by atoms with E-state index >= 15 is 0 Å². The molecule has 1 aliphatic rings. The number of carboxylic acid groups (broad SMARTS) is 1. The second-order valence-electron chi connectivity index (χ2n) is 10.7. The molecule has 2 aromatic carbocycles. The van der Waals surface area contributed by atoms with Gasteiger partial charge in [0.2, 0.25) is 0 Å². The molecular weight excluding hydrogens is 630 g/mol. The predicted octanol–water partition coefficient (Wildman–Crippen LogP) is 5.90. The predicted molar refractivity (Wildman–Crippen MR) is 156 cm³/mol. The van der Waals surface area contributed by atoms with Crippen LogP contribution in [0.2, 0.25) is 0 Å². The number of aliphatic carboxylic acids is 1. The lowest BCUT2D eigenvalue weighted by Crippen LogP contribution is -2.29. The minimum atomic E-state index is -5.00. The molecule has 0 bridgehead atoms. The van der Waals surface area contributed by atoms with E-state index in [1.54, 1.807) is 0 Å². The van der Waals surface area contributed by atoms with Crippen molar-refractivity contribution < 1.29 is 41.4 Å². The maximum atomic E-state index is 13.6. The van der Waals surface area contributed by atoms with Crippen LogP contribution in [0.1, 0.15) is 66.0 Å². The van der Waals surface area contributed by atoms with E-state index in [1.807, 2.05) is 13.0 Å². The molecule has 1 aromatic heterocycles. The van der Waals surface area contributed by atoms with Gasteiger partial charge in [-0.05, 0) is 90.8 Å². The zero-order chi connectivity index (χ0) is 32.1. The molecule has 45 heavy (non-hydrogen) atoms. The van der Waals surface area contributed by atoms with Crippen molar-refractivity contribution in [1.82, 2.24) is 20.2 Å². The SMILES string of the molecule is CCN(CCCCC(=O)O)c1cc2c(cc1CN(Cc1cc(C(F)(F)F)cc(C(F)(F)F)c1)c1nnn(CCO)n1)CCC2.Cl. The molecule has 1 heterocycles. The van der Waals surface area contributed by atoms with Crippen LogP contribution in [-0.2, 0) is 49.6 Å². The number of fused-ring (bicyclic) bond motifs is 1. The quantitative estimate of drug-likeness (QED) is 0.162. The van der Waals surface area contributed by atoms with Crippen molar-refractivity contribution in [3.8, 4) is 0 Å². The number of aromatic nitrogens is 4. The molecule has 0 saturated heterocycles. The van der Waals surface area contributed by atoms with Gasteiger partial charge in [-0.1, -0.05) is 11.2 Å². The first-order valence-corrected chi connectivity index (χ1v) is 14.3. The Kier molecular flexibility index (Phi) is 12.1. The Hall–Kier alpha value is -3.59. The molecule has 1 aliphatic carbocycles. The Morgan fingerprint density at radius 1 is 0.933 bits per heavy atom. The molecule has 3 aromatic rings. The molecule has 9 nitrogen and oxygen atoms in total. The number of benzene rings is 2. The largest absolute Gasteiger partial charge is 0.481 e.